The van der Waals surface area contributed by atoms with E-state index in [1.165, 1.54) is 6.92 Å². The van der Waals surface area contributed by atoms with Crippen molar-refractivity contribution in [1.29, 1.82) is 0 Å². The molecule has 1 saturated heterocycles. The largest absolute Gasteiger partial charge is 0.480 e. The predicted molar refractivity (Wildman–Crippen MR) is 54.0 cm³/mol. The van der Waals surface area contributed by atoms with E-state index in [1.54, 1.807) is 0 Å². The van der Waals surface area contributed by atoms with Crippen molar-refractivity contribution in [2.45, 2.75) is 31.5 Å². The lowest BCUT2D eigenvalue weighted by atomic mass is 10.2. The number of aliphatic hydroxyl groups excluding tert-OH is 1. The average molecular weight is 232 g/mol. The van der Waals surface area contributed by atoms with Crippen LogP contribution in [0.25, 0.3) is 0 Å². The number of aliphatic hydroxyl groups is 1. The van der Waals surface area contributed by atoms with E-state index in [-0.39, 0.29) is 6.04 Å². The number of ether oxygens (including phenoxy) is 1. The summed E-state index contributed by atoms with van der Waals surface area (Å²) < 4.78 is 5.05. The zero-order chi connectivity index (χ0) is 12.1. The molecule has 1 aliphatic heterocycles. The molecule has 3 atom stereocenters. The Hall–Kier alpha value is -1.34. The van der Waals surface area contributed by atoms with Gasteiger partial charge in [0.1, 0.15) is 0 Å². The number of nitrogens with one attached hydrogen (secondary N) is 2. The molecular formula is C9H16N2O5. The van der Waals surface area contributed by atoms with Crippen molar-refractivity contribution < 1.29 is 24.5 Å². The quantitative estimate of drug-likeness (QED) is 0.492. The van der Waals surface area contributed by atoms with Gasteiger partial charge in [-0.15, -0.1) is 0 Å². The molecule has 1 rings (SSSR count). The van der Waals surface area contributed by atoms with Gasteiger partial charge in [-0.3, -0.25) is 0 Å². The third-order valence-corrected chi connectivity index (χ3v) is 2.30. The minimum atomic E-state index is -1.30. The number of rotatable bonds is 4. The second kappa shape index (κ2) is 5.66. The Balaban J connectivity index is 2.38. The molecule has 92 valence electrons. The standard InChI is InChI=1S/C9H16N2O5/c1-5(12)7(8(13)14)11-9(15)10-6-2-3-16-4-6/h5-7,12H,2-4H2,1H3,(H,13,14)(H2,10,11,15)/t5-,6?,7+/m1/s1. The third kappa shape index (κ3) is 3.67. The van der Waals surface area contributed by atoms with Gasteiger partial charge in [0.05, 0.1) is 18.8 Å². The van der Waals surface area contributed by atoms with Gasteiger partial charge in [0.2, 0.25) is 0 Å². The van der Waals surface area contributed by atoms with Crippen LogP contribution in [0, 0.1) is 0 Å². The number of hydrogen-bond acceptors (Lipinski definition) is 4. The number of carboxylic acids is 1. The summed E-state index contributed by atoms with van der Waals surface area (Å²) in [6, 6.07) is -2.01. The molecule has 0 aromatic rings. The molecular weight excluding hydrogens is 216 g/mol. The molecule has 0 spiro atoms. The molecule has 4 N–H and O–H groups in total. The normalized spacial score (nSPS) is 23.5. The fourth-order valence-electron chi connectivity index (χ4n) is 1.41. The van der Waals surface area contributed by atoms with E-state index in [9.17, 15) is 9.59 Å². The zero-order valence-electron chi connectivity index (χ0n) is 8.97. The highest BCUT2D eigenvalue weighted by atomic mass is 16.5. The Kier molecular flexibility index (Phi) is 4.51. The van der Waals surface area contributed by atoms with Gasteiger partial charge in [-0.25, -0.2) is 9.59 Å². The van der Waals surface area contributed by atoms with Gasteiger partial charge < -0.3 is 25.6 Å². The van der Waals surface area contributed by atoms with Crippen LogP contribution in [0.15, 0.2) is 0 Å². The summed E-state index contributed by atoms with van der Waals surface area (Å²) in [6.45, 7) is 2.32. The van der Waals surface area contributed by atoms with E-state index < -0.39 is 24.1 Å². The highest BCUT2D eigenvalue weighted by Gasteiger charge is 2.26. The predicted octanol–water partition coefficient (Wildman–Crippen LogP) is -1.09. The summed E-state index contributed by atoms with van der Waals surface area (Å²) in [5.41, 5.74) is 0. The average Bonchev–Trinajstić information content (AvgIpc) is 2.65. The van der Waals surface area contributed by atoms with Crippen molar-refractivity contribution in [1.82, 2.24) is 10.6 Å². The molecule has 0 aliphatic carbocycles. The van der Waals surface area contributed by atoms with E-state index in [4.69, 9.17) is 14.9 Å². The molecule has 0 radical (unpaired) electrons. The summed E-state index contributed by atoms with van der Waals surface area (Å²) in [6.07, 6.45) is -0.442. The van der Waals surface area contributed by atoms with Crippen molar-refractivity contribution >= 4 is 12.0 Å². The maximum atomic E-state index is 11.4. The molecule has 1 aliphatic rings. The monoisotopic (exact) mass is 232 g/mol. The van der Waals surface area contributed by atoms with E-state index >= 15 is 0 Å². The first-order valence-corrected chi connectivity index (χ1v) is 5.06. The fourth-order valence-corrected chi connectivity index (χ4v) is 1.41. The maximum absolute atomic E-state index is 11.4. The van der Waals surface area contributed by atoms with Gasteiger partial charge in [-0.1, -0.05) is 0 Å². The number of carbonyl (C=O) groups excluding carboxylic acids is 1. The first-order valence-electron chi connectivity index (χ1n) is 5.06. The lowest BCUT2D eigenvalue weighted by Crippen LogP contribution is -2.53. The second-order valence-corrected chi connectivity index (χ2v) is 3.73. The second-order valence-electron chi connectivity index (χ2n) is 3.73. The Morgan fingerprint density at radius 1 is 1.50 bits per heavy atom. The highest BCUT2D eigenvalue weighted by molar-refractivity contribution is 5.83. The zero-order valence-corrected chi connectivity index (χ0v) is 8.97. The van der Waals surface area contributed by atoms with E-state index in [0.29, 0.717) is 19.6 Å². The molecule has 1 heterocycles. The van der Waals surface area contributed by atoms with Gasteiger partial charge in [0, 0.05) is 6.61 Å². The first-order chi connectivity index (χ1) is 7.50. The van der Waals surface area contributed by atoms with Crippen LogP contribution in [0.3, 0.4) is 0 Å². The number of aliphatic carboxylic acids is 1. The summed E-state index contributed by atoms with van der Waals surface area (Å²) >= 11 is 0. The lowest BCUT2D eigenvalue weighted by Gasteiger charge is -2.19. The molecule has 2 amide bonds. The van der Waals surface area contributed by atoms with Gasteiger partial charge in [-0.2, -0.15) is 0 Å². The molecule has 0 aromatic carbocycles. The van der Waals surface area contributed by atoms with E-state index in [2.05, 4.69) is 10.6 Å². The molecule has 7 nitrogen and oxygen atoms in total. The van der Waals surface area contributed by atoms with Crippen LogP contribution in [0.4, 0.5) is 4.79 Å². The minimum Gasteiger partial charge on any atom is -0.480 e. The van der Waals surface area contributed by atoms with Gasteiger partial charge in [0.25, 0.3) is 0 Å². The summed E-state index contributed by atoms with van der Waals surface area (Å²) in [7, 11) is 0. The van der Waals surface area contributed by atoms with Crippen LogP contribution >= 0.6 is 0 Å². The summed E-state index contributed by atoms with van der Waals surface area (Å²) in [5.74, 6) is -1.27. The molecule has 0 aromatic heterocycles. The fraction of sp³-hybridized carbons (Fsp3) is 0.778. The molecule has 16 heavy (non-hydrogen) atoms. The Morgan fingerprint density at radius 2 is 2.19 bits per heavy atom. The van der Waals surface area contributed by atoms with Crippen LogP contribution < -0.4 is 10.6 Å². The maximum Gasteiger partial charge on any atom is 0.328 e. The molecule has 1 unspecified atom stereocenters. The number of amides is 2. The third-order valence-electron chi connectivity index (χ3n) is 2.30. The molecule has 1 fully saturated rings. The van der Waals surface area contributed by atoms with Gasteiger partial charge >= 0.3 is 12.0 Å². The van der Waals surface area contributed by atoms with Crippen LogP contribution in [0.1, 0.15) is 13.3 Å². The van der Waals surface area contributed by atoms with E-state index in [0.717, 1.165) is 0 Å². The van der Waals surface area contributed by atoms with Crippen LogP contribution in [-0.2, 0) is 9.53 Å². The van der Waals surface area contributed by atoms with Crippen molar-refractivity contribution in [2.24, 2.45) is 0 Å². The Bertz CT molecular complexity index is 263. The molecule has 0 saturated carbocycles. The van der Waals surface area contributed by atoms with Crippen molar-refractivity contribution in [2.75, 3.05) is 13.2 Å². The summed E-state index contributed by atoms with van der Waals surface area (Å²) in [5, 5.41) is 22.6. The Labute approximate surface area is 92.8 Å². The number of carbonyl (C=O) groups is 2. The minimum absolute atomic E-state index is 0.0940. The molecule has 7 heteroatoms. The highest BCUT2D eigenvalue weighted by Crippen LogP contribution is 2.03. The Morgan fingerprint density at radius 3 is 2.62 bits per heavy atom. The van der Waals surface area contributed by atoms with Crippen molar-refractivity contribution in [3.8, 4) is 0 Å². The SMILES string of the molecule is C[C@@H](O)[C@H](NC(=O)NC1CCOC1)C(=O)O. The summed E-state index contributed by atoms with van der Waals surface area (Å²) in [4.78, 5) is 22.1. The number of hydrogen-bond donors (Lipinski definition) is 4. The van der Waals surface area contributed by atoms with Gasteiger partial charge in [-0.05, 0) is 13.3 Å². The smallest absolute Gasteiger partial charge is 0.328 e. The van der Waals surface area contributed by atoms with Crippen molar-refractivity contribution in [3.05, 3.63) is 0 Å². The lowest BCUT2D eigenvalue weighted by molar-refractivity contribution is -0.141. The van der Waals surface area contributed by atoms with Crippen LogP contribution in [-0.4, -0.2) is 53.6 Å². The molecule has 0 bridgehead atoms. The van der Waals surface area contributed by atoms with Gasteiger partial charge in [0.15, 0.2) is 6.04 Å². The number of urea groups is 1. The van der Waals surface area contributed by atoms with Crippen LogP contribution in [0.2, 0.25) is 0 Å². The van der Waals surface area contributed by atoms with Crippen LogP contribution in [0.5, 0.6) is 0 Å². The topological polar surface area (TPSA) is 108 Å². The van der Waals surface area contributed by atoms with E-state index in [1.807, 2.05) is 0 Å². The van der Waals surface area contributed by atoms with Crippen molar-refractivity contribution in [3.63, 3.8) is 0 Å². The number of carboxylic acid groups (broad SMARTS) is 1. The first kappa shape index (κ1) is 12.7.